The maximum atomic E-state index is 12.8. The van der Waals surface area contributed by atoms with Gasteiger partial charge in [-0.1, -0.05) is 23.7 Å². The van der Waals surface area contributed by atoms with Crippen molar-refractivity contribution in [1.82, 2.24) is 9.47 Å². The normalized spacial score (nSPS) is 14.7. The van der Waals surface area contributed by atoms with E-state index < -0.39 is 29.6 Å². The summed E-state index contributed by atoms with van der Waals surface area (Å²) in [5.41, 5.74) is 1.61. The van der Waals surface area contributed by atoms with Crippen LogP contribution < -0.4 is 10.4 Å². The minimum Gasteiger partial charge on any atom is -0.545 e. The number of nitrogens with one attached hydrogen (secondary N) is 1. The van der Waals surface area contributed by atoms with Crippen molar-refractivity contribution in [2.24, 2.45) is 0 Å². The molecular weight excluding hydrogens is 466 g/mol. The van der Waals surface area contributed by atoms with E-state index in [2.05, 4.69) is 5.32 Å². The molecule has 1 aromatic heterocycles. The van der Waals surface area contributed by atoms with Crippen LogP contribution in [0.2, 0.25) is 5.02 Å². The Kier molecular flexibility index (Phi) is 6.34. The van der Waals surface area contributed by atoms with Gasteiger partial charge >= 0.3 is 0 Å². The third-order valence-corrected chi connectivity index (χ3v) is 5.88. The van der Waals surface area contributed by atoms with Crippen molar-refractivity contribution < 1.29 is 24.3 Å². The lowest BCUT2D eigenvalue weighted by molar-refractivity contribution is -0.255. The van der Waals surface area contributed by atoms with Crippen LogP contribution in [0.3, 0.4) is 0 Å². The van der Waals surface area contributed by atoms with Gasteiger partial charge in [0.15, 0.2) is 0 Å². The number of benzene rings is 2. The van der Waals surface area contributed by atoms with E-state index in [-0.39, 0.29) is 10.5 Å². The molecule has 3 amide bonds. The van der Waals surface area contributed by atoms with Crippen LogP contribution in [0, 0.1) is 0 Å². The highest BCUT2D eigenvalue weighted by Crippen LogP contribution is 2.32. The highest BCUT2D eigenvalue weighted by atomic mass is 35.5. The summed E-state index contributed by atoms with van der Waals surface area (Å²) in [5, 5.41) is 13.7. The third-order valence-electron chi connectivity index (χ3n) is 4.72. The fourth-order valence-corrected chi connectivity index (χ4v) is 4.13. The Hall–Kier alpha value is -3.82. The molecule has 0 saturated carbocycles. The molecule has 3 aromatic rings. The minimum absolute atomic E-state index is 0.0131. The Morgan fingerprint density at radius 2 is 1.82 bits per heavy atom. The van der Waals surface area contributed by atoms with E-state index in [1.807, 2.05) is 0 Å². The van der Waals surface area contributed by atoms with E-state index in [0.29, 0.717) is 22.1 Å². The maximum absolute atomic E-state index is 12.8. The van der Waals surface area contributed by atoms with Gasteiger partial charge in [-0.2, -0.15) is 0 Å². The summed E-state index contributed by atoms with van der Waals surface area (Å²) >= 11 is 6.55. The zero-order valence-electron chi connectivity index (χ0n) is 16.9. The van der Waals surface area contributed by atoms with E-state index in [9.17, 15) is 24.3 Å². The molecule has 10 heteroatoms. The van der Waals surface area contributed by atoms with Gasteiger partial charge in [0.05, 0.1) is 10.9 Å². The first kappa shape index (κ1) is 22.4. The number of hydrogen-bond acceptors (Lipinski definition) is 6. The van der Waals surface area contributed by atoms with Gasteiger partial charge < -0.3 is 19.8 Å². The number of aromatic carboxylic acids is 1. The van der Waals surface area contributed by atoms with E-state index >= 15 is 0 Å². The summed E-state index contributed by atoms with van der Waals surface area (Å²) in [4.78, 5) is 49.7. The molecule has 33 heavy (non-hydrogen) atoms. The number of amides is 3. The van der Waals surface area contributed by atoms with Gasteiger partial charge in [-0.25, -0.2) is 0 Å². The van der Waals surface area contributed by atoms with Crippen molar-refractivity contribution in [1.29, 1.82) is 0 Å². The second kappa shape index (κ2) is 9.35. The highest BCUT2D eigenvalue weighted by Gasteiger charge is 2.36. The third kappa shape index (κ3) is 5.00. The monoisotopic (exact) mass is 480 g/mol. The van der Waals surface area contributed by atoms with Gasteiger partial charge in [-0.05, 0) is 71.9 Å². The number of aromatic nitrogens is 1. The number of thioether (sulfide) groups is 1. The van der Waals surface area contributed by atoms with Crippen LogP contribution in [0.25, 0.3) is 11.8 Å². The van der Waals surface area contributed by atoms with Crippen LogP contribution in [0.5, 0.6) is 0 Å². The Bertz CT molecular complexity index is 1300. The molecule has 1 fully saturated rings. The molecule has 0 spiro atoms. The zero-order valence-corrected chi connectivity index (χ0v) is 18.4. The number of carboxylic acids is 1. The fourth-order valence-electron chi connectivity index (χ4n) is 3.18. The lowest BCUT2D eigenvalue weighted by atomic mass is 10.2. The van der Waals surface area contributed by atoms with Gasteiger partial charge in [0.2, 0.25) is 5.91 Å². The number of carboxylic acid groups (broad SMARTS) is 1. The average Bonchev–Trinajstić information content (AvgIpc) is 3.35. The van der Waals surface area contributed by atoms with Crippen LogP contribution in [-0.4, -0.2) is 39.0 Å². The van der Waals surface area contributed by atoms with Gasteiger partial charge in [-0.15, -0.1) is 0 Å². The van der Waals surface area contributed by atoms with E-state index in [4.69, 9.17) is 11.6 Å². The molecule has 1 aliphatic rings. The average molecular weight is 481 g/mol. The number of hydrogen-bond donors (Lipinski definition) is 1. The van der Waals surface area contributed by atoms with E-state index in [1.165, 1.54) is 18.2 Å². The van der Waals surface area contributed by atoms with Gasteiger partial charge in [-0.3, -0.25) is 19.3 Å². The Morgan fingerprint density at radius 1 is 1.06 bits per heavy atom. The maximum Gasteiger partial charge on any atom is 0.294 e. The molecule has 4 rings (SSSR count). The van der Waals surface area contributed by atoms with E-state index in [0.717, 1.165) is 16.7 Å². The van der Waals surface area contributed by atoms with Crippen molar-refractivity contribution >= 4 is 58.1 Å². The lowest BCUT2D eigenvalue weighted by Crippen LogP contribution is -2.36. The number of carbonyl (C=O) groups excluding carboxylic acids is 4. The molecular formula is C23H15ClN3O5S-. The summed E-state index contributed by atoms with van der Waals surface area (Å²) in [5.74, 6) is -2.42. The fraction of sp³-hybridized carbons (Fsp3) is 0.0435. The molecule has 0 atom stereocenters. The molecule has 2 heterocycles. The van der Waals surface area contributed by atoms with Crippen LogP contribution in [0.4, 0.5) is 10.5 Å². The predicted molar refractivity (Wildman–Crippen MR) is 123 cm³/mol. The first-order valence-electron chi connectivity index (χ1n) is 9.62. The van der Waals surface area contributed by atoms with E-state index in [1.54, 1.807) is 59.3 Å². The van der Waals surface area contributed by atoms with Crippen molar-refractivity contribution in [2.75, 3.05) is 11.9 Å². The van der Waals surface area contributed by atoms with Crippen LogP contribution >= 0.6 is 23.4 Å². The molecule has 166 valence electrons. The standard InChI is InChI=1S/C23H16ClN3O5S/c24-15-6-8-16(9-7-15)25-20(28)13-27-21(29)19(33-23(27)32)12-18-5-2-10-26(18)17-4-1-3-14(11-17)22(30)31/h1-12H,13H2,(H,25,28)(H,30,31)/p-1/b19-12-. The van der Waals surface area contributed by atoms with Crippen LogP contribution in [0.1, 0.15) is 16.1 Å². The number of imide groups is 1. The summed E-state index contributed by atoms with van der Waals surface area (Å²) in [6.45, 7) is -0.431. The molecule has 1 aliphatic heterocycles. The number of carbonyl (C=O) groups is 4. The number of rotatable bonds is 6. The van der Waals surface area contributed by atoms with Crippen molar-refractivity contribution in [3.8, 4) is 5.69 Å². The first-order chi connectivity index (χ1) is 15.8. The number of halogens is 1. The van der Waals surface area contributed by atoms with Crippen molar-refractivity contribution in [3.05, 3.63) is 88.0 Å². The molecule has 2 aromatic carbocycles. The van der Waals surface area contributed by atoms with Crippen LogP contribution in [-0.2, 0) is 9.59 Å². The van der Waals surface area contributed by atoms with Crippen molar-refractivity contribution in [3.63, 3.8) is 0 Å². The smallest absolute Gasteiger partial charge is 0.294 e. The summed E-state index contributed by atoms with van der Waals surface area (Å²) in [6, 6.07) is 16.0. The highest BCUT2D eigenvalue weighted by molar-refractivity contribution is 8.18. The molecule has 8 nitrogen and oxygen atoms in total. The summed E-state index contributed by atoms with van der Waals surface area (Å²) in [7, 11) is 0. The topological polar surface area (TPSA) is 112 Å². The van der Waals surface area contributed by atoms with Crippen molar-refractivity contribution in [2.45, 2.75) is 0 Å². The number of nitrogens with zero attached hydrogens (tertiary/aromatic N) is 2. The molecule has 1 N–H and O–H groups in total. The molecule has 0 unspecified atom stereocenters. The summed E-state index contributed by atoms with van der Waals surface area (Å²) in [6.07, 6.45) is 3.22. The second-order valence-electron chi connectivity index (χ2n) is 6.96. The minimum atomic E-state index is -1.30. The largest absolute Gasteiger partial charge is 0.545 e. The Labute approximate surface area is 197 Å². The Morgan fingerprint density at radius 3 is 2.55 bits per heavy atom. The Balaban J connectivity index is 1.51. The quantitative estimate of drug-likeness (QED) is 0.542. The van der Waals surface area contributed by atoms with Gasteiger partial charge in [0.25, 0.3) is 11.1 Å². The molecule has 1 saturated heterocycles. The first-order valence-corrected chi connectivity index (χ1v) is 10.8. The molecule has 0 radical (unpaired) electrons. The molecule has 0 bridgehead atoms. The van der Waals surface area contributed by atoms with Crippen LogP contribution in [0.15, 0.2) is 71.8 Å². The molecule has 0 aliphatic carbocycles. The zero-order chi connectivity index (χ0) is 23.5. The SMILES string of the molecule is O=C(CN1C(=O)S/C(=C\c2cccn2-c2cccc(C(=O)[O-])c2)C1=O)Nc1ccc(Cl)cc1. The predicted octanol–water partition coefficient (Wildman–Crippen LogP) is 3.17. The summed E-state index contributed by atoms with van der Waals surface area (Å²) < 4.78 is 1.67. The second-order valence-corrected chi connectivity index (χ2v) is 8.39. The number of anilines is 1. The van der Waals surface area contributed by atoms with Gasteiger partial charge in [0.1, 0.15) is 6.54 Å². The lowest BCUT2D eigenvalue weighted by Gasteiger charge is -2.12. The van der Waals surface area contributed by atoms with Gasteiger partial charge in [0, 0.05) is 28.3 Å².